The summed E-state index contributed by atoms with van der Waals surface area (Å²) in [5.74, 6) is 2.42. The minimum atomic E-state index is -4.06. The van der Waals surface area contributed by atoms with Crippen molar-refractivity contribution >= 4 is 21.6 Å². The van der Waals surface area contributed by atoms with Crippen molar-refractivity contribution in [2.75, 3.05) is 14.2 Å². The molecule has 41 heavy (non-hydrogen) atoms. The number of halogens is 1. The van der Waals surface area contributed by atoms with E-state index in [-0.39, 0.29) is 16.4 Å². The van der Waals surface area contributed by atoms with E-state index < -0.39 is 21.6 Å². The van der Waals surface area contributed by atoms with E-state index in [9.17, 15) is 8.42 Å². The van der Waals surface area contributed by atoms with Crippen molar-refractivity contribution in [2.24, 2.45) is 29.1 Å². The van der Waals surface area contributed by atoms with E-state index in [0.29, 0.717) is 35.8 Å². The van der Waals surface area contributed by atoms with Crippen molar-refractivity contribution < 1.29 is 13.2 Å². The molecular weight excluding hydrogens is 552 g/mol. The van der Waals surface area contributed by atoms with Crippen LogP contribution in [0.1, 0.15) is 64.3 Å². The van der Waals surface area contributed by atoms with Gasteiger partial charge in [0.05, 0.1) is 24.1 Å². The first-order valence-electron chi connectivity index (χ1n) is 14.6. The highest BCUT2D eigenvalue weighted by atomic mass is 35.5. The normalized spacial score (nSPS) is 27.0. The highest BCUT2D eigenvalue weighted by Crippen LogP contribution is 2.57. The average molecular weight is 597 g/mol. The maximum absolute atomic E-state index is 14.8. The average Bonchev–Trinajstić information content (AvgIpc) is 3.12. The SMILES string of the molecule is CN[C@@H](c1ccccc1)[C@H](c1ccccc1)N([C@H](Cl)CC1(C)[C@H](C)C(C)C(C)[C@@H]1C)S(=O)(=O)c1ccc(OC)cc1. The topological polar surface area (TPSA) is 58.6 Å². The monoisotopic (exact) mass is 596 g/mol. The van der Waals surface area contributed by atoms with Crippen LogP contribution < -0.4 is 10.1 Å². The lowest BCUT2D eigenvalue weighted by molar-refractivity contribution is 0.113. The van der Waals surface area contributed by atoms with E-state index in [4.69, 9.17) is 16.3 Å². The van der Waals surface area contributed by atoms with Crippen molar-refractivity contribution in [2.45, 2.75) is 63.5 Å². The summed E-state index contributed by atoms with van der Waals surface area (Å²) in [7, 11) is -0.615. The largest absolute Gasteiger partial charge is 0.497 e. The van der Waals surface area contributed by atoms with Crippen LogP contribution in [0.15, 0.2) is 89.8 Å². The number of nitrogens with zero attached hydrogens (tertiary/aromatic N) is 1. The van der Waals surface area contributed by atoms with Crippen LogP contribution in [0.3, 0.4) is 0 Å². The zero-order valence-electron chi connectivity index (χ0n) is 25.3. The number of rotatable bonds is 11. The maximum atomic E-state index is 14.8. The Morgan fingerprint density at radius 1 is 0.854 bits per heavy atom. The third-order valence-corrected chi connectivity index (χ3v) is 12.6. The number of hydrogen-bond donors (Lipinski definition) is 1. The third kappa shape index (κ3) is 6.08. The van der Waals surface area contributed by atoms with E-state index in [2.05, 4.69) is 39.9 Å². The van der Waals surface area contributed by atoms with Crippen LogP contribution in [0.25, 0.3) is 0 Å². The smallest absolute Gasteiger partial charge is 0.245 e. The molecule has 1 aliphatic carbocycles. The number of methoxy groups -OCH3 is 1. The predicted molar refractivity (Wildman–Crippen MR) is 168 cm³/mol. The van der Waals surface area contributed by atoms with Crippen LogP contribution >= 0.6 is 11.6 Å². The summed E-state index contributed by atoms with van der Waals surface area (Å²) < 4.78 is 36.5. The molecule has 3 aromatic carbocycles. The van der Waals surface area contributed by atoms with Gasteiger partial charge in [-0.2, -0.15) is 4.31 Å². The molecule has 1 saturated carbocycles. The zero-order valence-corrected chi connectivity index (χ0v) is 26.9. The fourth-order valence-electron chi connectivity index (χ4n) is 7.00. The fraction of sp³-hybridized carbons (Fsp3) is 0.471. The van der Waals surface area contributed by atoms with Gasteiger partial charge in [-0.15, -0.1) is 11.6 Å². The molecule has 3 unspecified atom stereocenters. The Bertz CT molecular complexity index is 1350. The van der Waals surface area contributed by atoms with E-state index in [1.807, 2.05) is 67.7 Å². The molecule has 8 atom stereocenters. The summed E-state index contributed by atoms with van der Waals surface area (Å²) in [5, 5.41) is 3.44. The molecule has 4 rings (SSSR count). The summed E-state index contributed by atoms with van der Waals surface area (Å²) in [6, 6.07) is 25.5. The first kappa shape index (κ1) is 31.6. The van der Waals surface area contributed by atoms with Gasteiger partial charge in [0.1, 0.15) is 11.3 Å². The van der Waals surface area contributed by atoms with E-state index in [1.165, 1.54) is 0 Å². The van der Waals surface area contributed by atoms with Gasteiger partial charge in [-0.3, -0.25) is 0 Å². The second-order valence-electron chi connectivity index (χ2n) is 12.0. The van der Waals surface area contributed by atoms with Crippen molar-refractivity contribution in [3.8, 4) is 5.75 Å². The van der Waals surface area contributed by atoms with Gasteiger partial charge in [0, 0.05) is 0 Å². The number of likely N-dealkylation sites (N-methyl/N-ethyl adjacent to an activating group) is 1. The summed E-state index contributed by atoms with van der Waals surface area (Å²) in [5.41, 5.74) is 0.929. The molecular formula is C34H45ClN2O3S. The zero-order chi connectivity index (χ0) is 29.9. The fourth-order valence-corrected chi connectivity index (χ4v) is 9.41. The quantitative estimate of drug-likeness (QED) is 0.180. The van der Waals surface area contributed by atoms with Gasteiger partial charge in [-0.25, -0.2) is 8.42 Å². The van der Waals surface area contributed by atoms with Crippen LogP contribution in [-0.2, 0) is 10.0 Å². The summed E-state index contributed by atoms with van der Waals surface area (Å²) in [4.78, 5) is 0.187. The molecule has 3 aromatic rings. The third-order valence-electron chi connectivity index (χ3n) is 10.2. The molecule has 7 heteroatoms. The maximum Gasteiger partial charge on any atom is 0.245 e. The highest BCUT2D eigenvalue weighted by molar-refractivity contribution is 7.89. The molecule has 0 amide bonds. The lowest BCUT2D eigenvalue weighted by Gasteiger charge is -2.43. The van der Waals surface area contributed by atoms with Crippen molar-refractivity contribution in [3.05, 3.63) is 96.1 Å². The molecule has 0 spiro atoms. The van der Waals surface area contributed by atoms with Gasteiger partial charge >= 0.3 is 0 Å². The highest BCUT2D eigenvalue weighted by Gasteiger charge is 2.53. The van der Waals surface area contributed by atoms with E-state index in [1.54, 1.807) is 35.7 Å². The van der Waals surface area contributed by atoms with Crippen molar-refractivity contribution in [1.82, 2.24) is 9.62 Å². The Morgan fingerprint density at radius 2 is 1.34 bits per heavy atom. The molecule has 0 bridgehead atoms. The summed E-state index contributed by atoms with van der Waals surface area (Å²) >= 11 is 7.46. The van der Waals surface area contributed by atoms with E-state index in [0.717, 1.165) is 11.1 Å². The van der Waals surface area contributed by atoms with E-state index >= 15 is 0 Å². The number of ether oxygens (including phenoxy) is 1. The van der Waals surface area contributed by atoms with Gasteiger partial charge in [0.2, 0.25) is 10.0 Å². The van der Waals surface area contributed by atoms with Gasteiger partial charge in [0.25, 0.3) is 0 Å². The first-order chi connectivity index (χ1) is 19.5. The van der Waals surface area contributed by atoms with Crippen LogP contribution in [0, 0.1) is 29.1 Å². The number of hydrogen-bond acceptors (Lipinski definition) is 4. The molecule has 0 aromatic heterocycles. The standard InChI is InChI=1S/C34H45ClN2O3S/c1-23-24(2)26(4)34(5,25(23)3)22-31(35)37(41(38,39)30-20-18-29(40-7)19-21-30)33(28-16-12-9-13-17-28)32(36-6)27-14-10-8-11-15-27/h8-21,23-26,31-33,36H,22H2,1-7H3/t23?,24?,25-,26+,31-,32-,33-,34?/m0/s1. The van der Waals surface area contributed by atoms with Crippen molar-refractivity contribution in [1.29, 1.82) is 0 Å². The van der Waals surface area contributed by atoms with Gasteiger partial charge in [-0.05, 0) is 77.9 Å². The molecule has 0 heterocycles. The van der Waals surface area contributed by atoms with Crippen molar-refractivity contribution in [3.63, 3.8) is 0 Å². The lowest BCUT2D eigenvalue weighted by atomic mass is 9.71. The Kier molecular flexibility index (Phi) is 9.90. The first-order valence-corrected chi connectivity index (χ1v) is 16.4. The second-order valence-corrected chi connectivity index (χ2v) is 14.3. The Morgan fingerprint density at radius 3 is 1.80 bits per heavy atom. The van der Waals surface area contributed by atoms with Gasteiger partial charge < -0.3 is 10.1 Å². The summed E-state index contributed by atoms with van der Waals surface area (Å²) in [6.07, 6.45) is 0.537. The van der Waals surface area contributed by atoms with Crippen LogP contribution in [-0.4, -0.2) is 32.4 Å². The molecule has 0 aliphatic heterocycles. The molecule has 0 radical (unpaired) electrons. The predicted octanol–water partition coefficient (Wildman–Crippen LogP) is 7.91. The number of nitrogens with one attached hydrogen (secondary N) is 1. The number of alkyl halides is 1. The summed E-state index contributed by atoms with van der Waals surface area (Å²) in [6.45, 7) is 11.5. The molecule has 1 fully saturated rings. The lowest BCUT2D eigenvalue weighted by Crippen LogP contribution is -2.47. The molecule has 5 nitrogen and oxygen atoms in total. The number of benzene rings is 3. The Hall–Kier alpha value is -2.38. The molecule has 222 valence electrons. The molecule has 1 aliphatic rings. The number of sulfonamides is 1. The van der Waals surface area contributed by atoms with Gasteiger partial charge in [0.15, 0.2) is 0 Å². The van der Waals surface area contributed by atoms with Crippen LogP contribution in [0.2, 0.25) is 0 Å². The second kappa shape index (κ2) is 12.9. The minimum Gasteiger partial charge on any atom is -0.497 e. The van der Waals surface area contributed by atoms with Gasteiger partial charge in [-0.1, -0.05) is 95.3 Å². The minimum absolute atomic E-state index is 0.137. The molecule has 0 saturated heterocycles. The molecule has 1 N–H and O–H groups in total. The van der Waals surface area contributed by atoms with Crippen LogP contribution in [0.4, 0.5) is 0 Å². The van der Waals surface area contributed by atoms with Crippen LogP contribution in [0.5, 0.6) is 5.75 Å². The Labute approximate surface area is 252 Å². The Balaban J connectivity index is 1.91.